The fraction of sp³-hybridized carbons (Fsp3) is 0.387. The summed E-state index contributed by atoms with van der Waals surface area (Å²) in [5.41, 5.74) is 4.28. The summed E-state index contributed by atoms with van der Waals surface area (Å²) in [6.07, 6.45) is 0.976. The van der Waals surface area contributed by atoms with Gasteiger partial charge in [0.05, 0.1) is 47.6 Å². The molecule has 2 atom stereocenters. The van der Waals surface area contributed by atoms with E-state index < -0.39 is 5.60 Å². The average Bonchev–Trinajstić information content (AvgIpc) is 2.94. The molecule has 4 rings (SSSR count). The summed E-state index contributed by atoms with van der Waals surface area (Å²) in [5.74, 6) is 0.612. The van der Waals surface area contributed by atoms with Crippen LogP contribution in [-0.2, 0) is 6.42 Å². The maximum absolute atomic E-state index is 10.4. The lowest BCUT2D eigenvalue weighted by molar-refractivity contribution is 0.0412. The number of nitriles is 1. The third-order valence-electron chi connectivity index (χ3n) is 7.23. The molecule has 1 heterocycles. The lowest BCUT2D eigenvalue weighted by atomic mass is 9.96. The zero-order chi connectivity index (χ0) is 27.3. The van der Waals surface area contributed by atoms with E-state index in [0.717, 1.165) is 30.8 Å². The second-order valence-electron chi connectivity index (χ2n) is 10.4. The van der Waals surface area contributed by atoms with Crippen LogP contribution in [0.3, 0.4) is 0 Å². The van der Waals surface area contributed by atoms with E-state index in [1.807, 2.05) is 44.2 Å². The van der Waals surface area contributed by atoms with Crippen LogP contribution in [0.5, 0.6) is 5.75 Å². The maximum atomic E-state index is 10.4. The molecular weight excluding hydrogens is 498 g/mol. The number of anilines is 1. The molecule has 1 aliphatic heterocycles. The quantitative estimate of drug-likeness (QED) is 0.377. The summed E-state index contributed by atoms with van der Waals surface area (Å²) in [7, 11) is 0. The van der Waals surface area contributed by atoms with Crippen molar-refractivity contribution in [3.63, 3.8) is 0 Å². The first-order valence-corrected chi connectivity index (χ1v) is 13.5. The van der Waals surface area contributed by atoms with Crippen LogP contribution < -0.4 is 9.64 Å². The second kappa shape index (κ2) is 12.2. The highest BCUT2D eigenvalue weighted by atomic mass is 35.5. The molecule has 0 spiro atoms. The molecule has 0 bridgehead atoms. The van der Waals surface area contributed by atoms with Crippen molar-refractivity contribution >= 4 is 17.3 Å². The number of halogens is 1. The Bertz CT molecular complexity index is 1250. The van der Waals surface area contributed by atoms with Crippen LogP contribution in [0.2, 0.25) is 5.02 Å². The zero-order valence-corrected chi connectivity index (χ0v) is 23.0. The number of nitrogens with zero attached hydrogens (tertiary/aromatic N) is 3. The molecule has 3 aromatic rings. The van der Waals surface area contributed by atoms with E-state index in [1.165, 1.54) is 11.1 Å². The molecule has 200 valence electrons. The van der Waals surface area contributed by atoms with E-state index in [9.17, 15) is 15.5 Å². The SMILES string of the molecule is CCc1ccc([C@@H]2CN([C@@H](CO)c3ccc(C#N)cc3)CCN2c2ccc(OC(C)(C)CO)cc2Cl)cc1. The molecule has 7 heteroatoms. The third-order valence-corrected chi connectivity index (χ3v) is 7.53. The Morgan fingerprint density at radius 2 is 1.76 bits per heavy atom. The number of piperazine rings is 1. The summed E-state index contributed by atoms with van der Waals surface area (Å²) in [5, 5.41) is 29.7. The minimum absolute atomic E-state index is 0.0131. The number of aliphatic hydroxyl groups excluding tert-OH is 2. The van der Waals surface area contributed by atoms with Crippen LogP contribution in [0.15, 0.2) is 66.7 Å². The first-order valence-electron chi connectivity index (χ1n) is 13.1. The van der Waals surface area contributed by atoms with Gasteiger partial charge in [0.1, 0.15) is 11.4 Å². The number of ether oxygens (including phenoxy) is 1. The van der Waals surface area contributed by atoms with Crippen LogP contribution in [0.1, 0.15) is 55.1 Å². The normalized spacial score (nSPS) is 17.2. The Morgan fingerprint density at radius 3 is 2.34 bits per heavy atom. The van der Waals surface area contributed by atoms with E-state index >= 15 is 0 Å². The van der Waals surface area contributed by atoms with Gasteiger partial charge < -0.3 is 19.8 Å². The Labute approximate surface area is 230 Å². The van der Waals surface area contributed by atoms with Crippen molar-refractivity contribution in [2.24, 2.45) is 0 Å². The highest BCUT2D eigenvalue weighted by molar-refractivity contribution is 6.33. The van der Waals surface area contributed by atoms with Gasteiger partial charge in [-0.15, -0.1) is 0 Å². The minimum atomic E-state index is -0.704. The number of aryl methyl sites for hydroxylation is 1. The highest BCUT2D eigenvalue weighted by Gasteiger charge is 2.33. The number of benzene rings is 3. The van der Waals surface area contributed by atoms with Crippen LogP contribution in [0.4, 0.5) is 5.69 Å². The molecule has 0 radical (unpaired) electrons. The summed E-state index contributed by atoms with van der Waals surface area (Å²) in [6.45, 7) is 7.84. The van der Waals surface area contributed by atoms with Crippen molar-refractivity contribution in [1.82, 2.24) is 4.90 Å². The topological polar surface area (TPSA) is 80.0 Å². The molecule has 3 aromatic carbocycles. The van der Waals surface area contributed by atoms with Gasteiger partial charge in [0.2, 0.25) is 0 Å². The lowest BCUT2D eigenvalue weighted by Gasteiger charge is -2.46. The highest BCUT2D eigenvalue weighted by Crippen LogP contribution is 2.39. The van der Waals surface area contributed by atoms with Crippen LogP contribution in [-0.4, -0.2) is 53.6 Å². The van der Waals surface area contributed by atoms with Crippen LogP contribution in [0, 0.1) is 11.3 Å². The summed E-state index contributed by atoms with van der Waals surface area (Å²) >= 11 is 6.82. The molecule has 0 aromatic heterocycles. The van der Waals surface area contributed by atoms with Gasteiger partial charge in [-0.05, 0) is 61.2 Å². The van der Waals surface area contributed by atoms with Crippen molar-refractivity contribution < 1.29 is 14.9 Å². The largest absolute Gasteiger partial charge is 0.485 e. The van der Waals surface area contributed by atoms with Crippen molar-refractivity contribution in [3.8, 4) is 11.8 Å². The van der Waals surface area contributed by atoms with Gasteiger partial charge in [-0.2, -0.15) is 5.26 Å². The van der Waals surface area contributed by atoms with Crippen LogP contribution >= 0.6 is 11.6 Å². The second-order valence-corrected chi connectivity index (χ2v) is 10.8. The molecule has 1 aliphatic rings. The number of aliphatic hydroxyl groups is 2. The van der Waals surface area contributed by atoms with E-state index in [4.69, 9.17) is 16.3 Å². The molecule has 0 saturated carbocycles. The summed E-state index contributed by atoms with van der Waals surface area (Å²) in [6, 6.07) is 23.9. The van der Waals surface area contributed by atoms with Gasteiger partial charge in [-0.3, -0.25) is 4.90 Å². The Kier molecular flexibility index (Phi) is 8.96. The van der Waals surface area contributed by atoms with Gasteiger partial charge in [-0.25, -0.2) is 0 Å². The molecule has 0 aliphatic carbocycles. The van der Waals surface area contributed by atoms with E-state index in [-0.39, 0.29) is 25.3 Å². The minimum Gasteiger partial charge on any atom is -0.485 e. The average molecular weight is 534 g/mol. The van der Waals surface area contributed by atoms with E-state index in [2.05, 4.69) is 47.1 Å². The summed E-state index contributed by atoms with van der Waals surface area (Å²) < 4.78 is 5.93. The van der Waals surface area contributed by atoms with E-state index in [1.54, 1.807) is 12.1 Å². The third kappa shape index (κ3) is 6.31. The molecule has 1 fully saturated rings. The zero-order valence-electron chi connectivity index (χ0n) is 22.3. The standard InChI is InChI=1S/C31H36ClN3O3/c1-4-22-5-9-24(10-6-22)29-19-34(30(20-36)25-11-7-23(18-33)8-12-25)15-16-35(29)28-14-13-26(17-27(28)32)38-31(2,3)21-37/h5-14,17,29-30,36-37H,4,15-16,19-21H2,1-3H3/t29-,30-/m0/s1. The molecular formula is C31H36ClN3O3. The Morgan fingerprint density at radius 1 is 1.05 bits per heavy atom. The molecule has 2 N–H and O–H groups in total. The van der Waals surface area contributed by atoms with Crippen molar-refractivity contribution in [2.45, 2.75) is 44.9 Å². The molecule has 6 nitrogen and oxygen atoms in total. The van der Waals surface area contributed by atoms with Gasteiger partial charge in [0, 0.05) is 25.7 Å². The molecule has 0 amide bonds. The number of hydrogen-bond donors (Lipinski definition) is 2. The maximum Gasteiger partial charge on any atom is 0.126 e. The predicted octanol–water partition coefficient (Wildman–Crippen LogP) is 5.52. The summed E-state index contributed by atoms with van der Waals surface area (Å²) in [4.78, 5) is 4.64. The van der Waals surface area contributed by atoms with Gasteiger partial charge in [0.15, 0.2) is 0 Å². The Hall–Kier alpha value is -3.08. The first-order chi connectivity index (χ1) is 18.3. The lowest BCUT2D eigenvalue weighted by Crippen LogP contribution is -2.50. The fourth-order valence-corrected chi connectivity index (χ4v) is 5.26. The molecule has 38 heavy (non-hydrogen) atoms. The predicted molar refractivity (Wildman–Crippen MR) is 152 cm³/mol. The Balaban J connectivity index is 1.65. The van der Waals surface area contributed by atoms with Gasteiger partial charge >= 0.3 is 0 Å². The fourth-order valence-electron chi connectivity index (χ4n) is 4.98. The van der Waals surface area contributed by atoms with Gasteiger partial charge in [-0.1, -0.05) is 54.9 Å². The van der Waals surface area contributed by atoms with Gasteiger partial charge in [0.25, 0.3) is 0 Å². The smallest absolute Gasteiger partial charge is 0.126 e. The first kappa shape index (κ1) is 27.9. The van der Waals surface area contributed by atoms with Crippen molar-refractivity contribution in [3.05, 3.63) is 94.0 Å². The molecule has 0 unspecified atom stereocenters. The molecule has 1 saturated heterocycles. The van der Waals surface area contributed by atoms with E-state index in [0.29, 0.717) is 22.9 Å². The van der Waals surface area contributed by atoms with Crippen molar-refractivity contribution in [2.75, 3.05) is 37.7 Å². The van der Waals surface area contributed by atoms with Crippen molar-refractivity contribution in [1.29, 1.82) is 5.26 Å². The van der Waals surface area contributed by atoms with Crippen LogP contribution in [0.25, 0.3) is 0 Å². The monoisotopic (exact) mass is 533 g/mol. The number of rotatable bonds is 9. The number of hydrogen-bond acceptors (Lipinski definition) is 6.